The molecule has 3 aromatic rings. The van der Waals surface area contributed by atoms with Gasteiger partial charge in [0.1, 0.15) is 5.60 Å². The molecule has 1 aromatic carbocycles. The lowest BCUT2D eigenvalue weighted by Gasteiger charge is -2.32. The number of aromatic nitrogens is 3. The van der Waals surface area contributed by atoms with Crippen LogP contribution in [0.25, 0.3) is 21.8 Å². The van der Waals surface area contributed by atoms with E-state index in [-0.39, 0.29) is 35.8 Å². The second kappa shape index (κ2) is 13.1. The average molecular weight is 634 g/mol. The van der Waals surface area contributed by atoms with Crippen molar-refractivity contribution in [2.75, 3.05) is 36.7 Å². The summed E-state index contributed by atoms with van der Waals surface area (Å²) in [7, 11) is -2.53. The Balaban J connectivity index is 1.72. The Kier molecular flexibility index (Phi) is 9.92. The average Bonchev–Trinajstić information content (AvgIpc) is 3.38. The van der Waals surface area contributed by atoms with Crippen molar-refractivity contribution < 1.29 is 22.3 Å². The number of ether oxygens (including phenoxy) is 1. The van der Waals surface area contributed by atoms with E-state index in [0.717, 1.165) is 9.31 Å². The lowest BCUT2D eigenvalue weighted by Crippen LogP contribution is -2.41. The Morgan fingerprint density at radius 1 is 1.21 bits per heavy atom. The second-order valence-electron chi connectivity index (χ2n) is 11.7. The normalized spacial score (nSPS) is 14.8. The van der Waals surface area contributed by atoms with Crippen LogP contribution in [-0.2, 0) is 14.9 Å². The SMILES string of the molecule is CCN(C)S(=O)(=O)Nc1cccc(-c2nc(C3CCN(C(=O)OC(C)(C)C)CC3)sc2-c2ccnc(NC(C)C)n2)c1F. The van der Waals surface area contributed by atoms with Crippen molar-refractivity contribution in [3.05, 3.63) is 41.3 Å². The predicted molar refractivity (Wildman–Crippen MR) is 168 cm³/mol. The number of carbonyl (C=O) groups excluding carboxylic acids is 1. The van der Waals surface area contributed by atoms with Crippen molar-refractivity contribution in [2.45, 2.75) is 71.9 Å². The molecule has 1 saturated heterocycles. The Bertz CT molecular complexity index is 1550. The van der Waals surface area contributed by atoms with Crippen LogP contribution in [-0.4, -0.2) is 77.0 Å². The Labute approximate surface area is 257 Å². The number of halogens is 1. The third-order valence-corrected chi connectivity index (χ3v) is 9.59. The number of thiazole rings is 1. The van der Waals surface area contributed by atoms with Crippen molar-refractivity contribution in [3.63, 3.8) is 0 Å². The number of benzene rings is 1. The van der Waals surface area contributed by atoms with Crippen molar-refractivity contribution in [2.24, 2.45) is 0 Å². The maximum absolute atomic E-state index is 16.0. The number of nitrogens with zero attached hydrogens (tertiary/aromatic N) is 5. The number of amides is 1. The summed E-state index contributed by atoms with van der Waals surface area (Å²) >= 11 is 1.42. The third kappa shape index (κ3) is 7.98. The molecular weight excluding hydrogens is 593 g/mol. The molecule has 11 nitrogen and oxygen atoms in total. The first kappa shape index (κ1) is 32.6. The molecule has 0 spiro atoms. The van der Waals surface area contributed by atoms with Crippen LogP contribution in [0.4, 0.5) is 20.8 Å². The maximum Gasteiger partial charge on any atom is 0.410 e. The lowest BCUT2D eigenvalue weighted by atomic mass is 9.97. The number of carbonyl (C=O) groups is 1. The van der Waals surface area contributed by atoms with Gasteiger partial charge in [-0.15, -0.1) is 11.3 Å². The van der Waals surface area contributed by atoms with Gasteiger partial charge in [-0.05, 0) is 65.7 Å². The summed E-state index contributed by atoms with van der Waals surface area (Å²) in [4.78, 5) is 28.9. The van der Waals surface area contributed by atoms with Crippen molar-refractivity contribution in [1.82, 2.24) is 24.2 Å². The van der Waals surface area contributed by atoms with E-state index in [1.54, 1.807) is 36.2 Å². The first-order chi connectivity index (χ1) is 20.2. The van der Waals surface area contributed by atoms with Crippen LogP contribution in [0.2, 0.25) is 0 Å². The van der Waals surface area contributed by atoms with Gasteiger partial charge in [0.15, 0.2) is 5.82 Å². The summed E-state index contributed by atoms with van der Waals surface area (Å²) in [5.74, 6) is -0.263. The first-order valence-corrected chi connectivity index (χ1v) is 16.6. The fourth-order valence-corrected chi connectivity index (χ4v) is 6.65. The van der Waals surface area contributed by atoms with Crippen LogP contribution in [0.5, 0.6) is 0 Å². The molecule has 0 unspecified atom stereocenters. The number of piperidine rings is 1. The molecule has 0 radical (unpaired) electrons. The van der Waals surface area contributed by atoms with Gasteiger partial charge in [0.25, 0.3) is 0 Å². The molecule has 2 N–H and O–H groups in total. The number of nitrogens with one attached hydrogen (secondary N) is 2. The molecule has 0 aliphatic carbocycles. The quantitative estimate of drug-likeness (QED) is 0.296. The molecule has 0 atom stereocenters. The topological polar surface area (TPSA) is 130 Å². The minimum absolute atomic E-state index is 0.0363. The zero-order chi connectivity index (χ0) is 31.5. The monoisotopic (exact) mass is 633 g/mol. The van der Waals surface area contributed by atoms with Gasteiger partial charge < -0.3 is 15.0 Å². The molecule has 14 heteroatoms. The van der Waals surface area contributed by atoms with Gasteiger partial charge in [0.05, 0.1) is 27.0 Å². The van der Waals surface area contributed by atoms with Crippen LogP contribution in [0.3, 0.4) is 0 Å². The van der Waals surface area contributed by atoms with Gasteiger partial charge in [-0.1, -0.05) is 13.0 Å². The second-order valence-corrected chi connectivity index (χ2v) is 14.5. The maximum atomic E-state index is 16.0. The third-order valence-electron chi connectivity index (χ3n) is 6.79. The summed E-state index contributed by atoms with van der Waals surface area (Å²) in [5, 5.41) is 3.99. The summed E-state index contributed by atoms with van der Waals surface area (Å²) in [6, 6.07) is 6.41. The summed E-state index contributed by atoms with van der Waals surface area (Å²) in [6.45, 7) is 12.4. The van der Waals surface area contributed by atoms with E-state index in [4.69, 9.17) is 9.72 Å². The molecule has 4 rings (SSSR count). The van der Waals surface area contributed by atoms with Crippen LogP contribution in [0.15, 0.2) is 30.5 Å². The predicted octanol–water partition coefficient (Wildman–Crippen LogP) is 5.95. The molecule has 1 fully saturated rings. The van der Waals surface area contributed by atoms with Crippen LogP contribution in [0, 0.1) is 5.82 Å². The van der Waals surface area contributed by atoms with Crippen LogP contribution < -0.4 is 10.0 Å². The molecule has 1 aliphatic heterocycles. The van der Waals surface area contributed by atoms with Crippen LogP contribution >= 0.6 is 11.3 Å². The largest absolute Gasteiger partial charge is 0.444 e. The highest BCUT2D eigenvalue weighted by molar-refractivity contribution is 7.90. The molecule has 0 saturated carbocycles. The Hall–Kier alpha value is -3.36. The van der Waals surface area contributed by atoms with Crippen molar-refractivity contribution in [3.8, 4) is 21.8 Å². The standard InChI is InChI=1S/C29H40FN7O4S2/c1-8-36(7)43(39,40)35-21-11-9-10-20(23(21)30)24-25(22-12-15-31-27(33-22)32-18(2)3)42-26(34-24)19-13-16-37(17-14-19)28(38)41-29(4,5)6/h9-12,15,18-19,35H,8,13-14,16-17H2,1-7H3,(H,31,32,33). The highest BCUT2D eigenvalue weighted by atomic mass is 32.2. The molecule has 1 amide bonds. The molecular formula is C29H40FN7O4S2. The number of hydrogen-bond donors (Lipinski definition) is 2. The van der Waals surface area contributed by atoms with Gasteiger partial charge in [0, 0.05) is 50.4 Å². The Morgan fingerprint density at radius 2 is 1.91 bits per heavy atom. The lowest BCUT2D eigenvalue weighted by molar-refractivity contribution is 0.0204. The van der Waals surface area contributed by atoms with E-state index in [1.807, 2.05) is 34.6 Å². The number of hydrogen-bond acceptors (Lipinski definition) is 9. The molecule has 0 bridgehead atoms. The highest BCUT2D eigenvalue weighted by Gasteiger charge is 2.31. The van der Waals surface area contributed by atoms with Gasteiger partial charge in [0.2, 0.25) is 5.95 Å². The summed E-state index contributed by atoms with van der Waals surface area (Å²) in [5.41, 5.74) is 0.339. The number of likely N-dealkylation sites (tertiary alicyclic amines) is 1. The molecule has 43 heavy (non-hydrogen) atoms. The fraction of sp³-hybridized carbons (Fsp3) is 0.517. The summed E-state index contributed by atoms with van der Waals surface area (Å²) < 4.78 is 50.4. The molecule has 2 aromatic heterocycles. The zero-order valence-electron chi connectivity index (χ0n) is 25.6. The van der Waals surface area contributed by atoms with E-state index in [1.165, 1.54) is 24.5 Å². The minimum atomic E-state index is -3.95. The minimum Gasteiger partial charge on any atom is -0.444 e. The van der Waals surface area contributed by atoms with E-state index in [0.29, 0.717) is 48.1 Å². The first-order valence-electron chi connectivity index (χ1n) is 14.3. The fourth-order valence-electron chi connectivity index (χ4n) is 4.50. The van der Waals surface area contributed by atoms with Gasteiger partial charge in [-0.25, -0.2) is 24.1 Å². The number of anilines is 2. The highest BCUT2D eigenvalue weighted by Crippen LogP contribution is 2.43. The van der Waals surface area contributed by atoms with Gasteiger partial charge >= 0.3 is 16.3 Å². The summed E-state index contributed by atoms with van der Waals surface area (Å²) in [6.07, 6.45) is 2.63. The zero-order valence-corrected chi connectivity index (χ0v) is 27.3. The molecule has 234 valence electrons. The van der Waals surface area contributed by atoms with E-state index in [2.05, 4.69) is 20.0 Å². The van der Waals surface area contributed by atoms with Crippen molar-refractivity contribution in [1.29, 1.82) is 0 Å². The van der Waals surface area contributed by atoms with E-state index < -0.39 is 21.6 Å². The van der Waals surface area contributed by atoms with E-state index in [9.17, 15) is 13.2 Å². The van der Waals surface area contributed by atoms with Gasteiger partial charge in [-0.2, -0.15) is 12.7 Å². The van der Waals surface area contributed by atoms with Crippen molar-refractivity contribution >= 4 is 39.3 Å². The Morgan fingerprint density at radius 3 is 2.53 bits per heavy atom. The van der Waals surface area contributed by atoms with Gasteiger partial charge in [-0.3, -0.25) is 4.72 Å². The number of rotatable bonds is 9. The smallest absolute Gasteiger partial charge is 0.410 e. The van der Waals surface area contributed by atoms with Crippen LogP contribution in [0.1, 0.15) is 65.3 Å². The van der Waals surface area contributed by atoms with E-state index >= 15 is 4.39 Å². The molecule has 1 aliphatic rings. The molecule has 3 heterocycles.